The Bertz CT molecular complexity index is 437. The maximum absolute atomic E-state index is 6.58. The second-order valence-electron chi connectivity index (χ2n) is 6.23. The second kappa shape index (κ2) is 6.75. The molecule has 3 rings (SSSR count). The number of hydrogen-bond donors (Lipinski definition) is 0. The molecule has 1 aliphatic carbocycles. The molecule has 0 amide bonds. The third-order valence-corrected chi connectivity index (χ3v) is 7.07. The topological polar surface area (TPSA) is 15.7 Å². The van der Waals surface area contributed by atoms with Crippen molar-refractivity contribution in [2.24, 2.45) is 0 Å². The molecule has 1 saturated carbocycles. The van der Waals surface area contributed by atoms with Crippen LogP contribution in [0.3, 0.4) is 0 Å². The van der Waals surface area contributed by atoms with Crippen LogP contribution in [0.2, 0.25) is 0 Å². The van der Waals surface area contributed by atoms with Crippen LogP contribution in [0.15, 0.2) is 30.3 Å². The smallest absolute Gasteiger partial charge is 0.188 e. The number of fused-ring (bicyclic) bond motifs is 1. The van der Waals surface area contributed by atoms with E-state index in [4.69, 9.17) is 4.52 Å². The molecule has 2 aliphatic rings. The van der Waals surface area contributed by atoms with Gasteiger partial charge in [0.2, 0.25) is 0 Å². The first-order chi connectivity index (χ1) is 10.2. The lowest BCUT2D eigenvalue weighted by Gasteiger charge is -2.29. The molecule has 1 heterocycles. The summed E-state index contributed by atoms with van der Waals surface area (Å²) in [4.78, 5) is 0. The number of likely N-dealkylation sites (N-methyl/N-ethyl adjacent to an activating group) is 2. The average molecular weight is 306 g/mol. The maximum Gasteiger partial charge on any atom is 0.188 e. The molecule has 1 aliphatic heterocycles. The largest absolute Gasteiger partial charge is 0.323 e. The lowest BCUT2D eigenvalue weighted by atomic mass is 9.91. The molecule has 1 aromatic rings. The molecule has 0 bridgehead atoms. The molecule has 1 saturated heterocycles. The molecule has 2 fully saturated rings. The number of benzene rings is 1. The van der Waals surface area contributed by atoms with Crippen LogP contribution < -0.4 is 0 Å². The second-order valence-corrected chi connectivity index (χ2v) is 8.21. The van der Waals surface area contributed by atoms with Gasteiger partial charge in [-0.25, -0.2) is 9.34 Å². The third-order valence-electron chi connectivity index (χ3n) is 4.96. The Morgan fingerprint density at radius 1 is 1.10 bits per heavy atom. The van der Waals surface area contributed by atoms with Crippen LogP contribution in [0, 0.1) is 0 Å². The zero-order valence-corrected chi connectivity index (χ0v) is 14.3. The van der Waals surface area contributed by atoms with Crippen LogP contribution in [0.5, 0.6) is 0 Å². The highest BCUT2D eigenvalue weighted by atomic mass is 31.2. The van der Waals surface area contributed by atoms with Crippen LogP contribution in [0.4, 0.5) is 0 Å². The highest BCUT2D eigenvalue weighted by Crippen LogP contribution is 2.58. The standard InChI is InChI=1S/C17H27N2OP/c1-4-17(14-10-6-5-7-11-14)20-21-18(2)15-12-8-9-13-16(15)19(21)3/h5-7,10-11,15-17H,4,8-9,12-13H2,1-3H3/t15-,16-,17-/m1/s1. The molecule has 1 aromatic carbocycles. The summed E-state index contributed by atoms with van der Waals surface area (Å²) in [7, 11) is 3.90. The highest BCUT2D eigenvalue weighted by Gasteiger charge is 2.46. The van der Waals surface area contributed by atoms with Gasteiger partial charge in [-0.05, 0) is 38.9 Å². The van der Waals surface area contributed by atoms with E-state index in [0.717, 1.165) is 6.42 Å². The molecule has 0 N–H and O–H groups in total. The Labute approximate surface area is 130 Å². The number of nitrogens with zero attached hydrogens (tertiary/aromatic N) is 2. The van der Waals surface area contributed by atoms with Gasteiger partial charge in [0.25, 0.3) is 0 Å². The minimum absolute atomic E-state index is 0.211. The monoisotopic (exact) mass is 306 g/mol. The molecule has 21 heavy (non-hydrogen) atoms. The first kappa shape index (κ1) is 15.4. The zero-order valence-electron chi connectivity index (χ0n) is 13.4. The minimum Gasteiger partial charge on any atom is -0.323 e. The van der Waals surface area contributed by atoms with Crippen LogP contribution in [-0.4, -0.2) is 35.5 Å². The fraction of sp³-hybridized carbons (Fsp3) is 0.647. The van der Waals surface area contributed by atoms with Gasteiger partial charge in [-0.15, -0.1) is 0 Å². The Morgan fingerprint density at radius 3 is 2.19 bits per heavy atom. The third kappa shape index (κ3) is 3.03. The van der Waals surface area contributed by atoms with Crippen molar-refractivity contribution < 1.29 is 4.52 Å². The summed E-state index contributed by atoms with van der Waals surface area (Å²) in [6, 6.07) is 12.1. The summed E-state index contributed by atoms with van der Waals surface area (Å²) < 4.78 is 11.6. The zero-order chi connectivity index (χ0) is 14.8. The van der Waals surface area contributed by atoms with Gasteiger partial charge in [0.05, 0.1) is 6.10 Å². The summed E-state index contributed by atoms with van der Waals surface area (Å²) >= 11 is 0. The Balaban J connectivity index is 1.74. The van der Waals surface area contributed by atoms with E-state index < -0.39 is 8.45 Å². The van der Waals surface area contributed by atoms with Crippen molar-refractivity contribution >= 4 is 8.45 Å². The van der Waals surface area contributed by atoms with E-state index in [1.54, 1.807) is 0 Å². The van der Waals surface area contributed by atoms with Crippen LogP contribution in [0.25, 0.3) is 0 Å². The number of rotatable bonds is 4. The SMILES string of the molecule is CC[C@@H](OP1N(C)[C@@H]2CCCC[C@H]2N1C)c1ccccc1. The molecule has 0 radical (unpaired) electrons. The van der Waals surface area contributed by atoms with Crippen molar-refractivity contribution in [3.05, 3.63) is 35.9 Å². The Kier molecular flexibility index (Phi) is 4.96. The van der Waals surface area contributed by atoms with Gasteiger partial charge < -0.3 is 4.52 Å². The first-order valence-corrected chi connectivity index (χ1v) is 9.36. The Hall–Kier alpha value is -0.470. The van der Waals surface area contributed by atoms with Crippen LogP contribution >= 0.6 is 8.45 Å². The van der Waals surface area contributed by atoms with E-state index in [9.17, 15) is 0 Å². The van der Waals surface area contributed by atoms with E-state index in [1.807, 2.05) is 0 Å². The predicted octanol–water partition coefficient (Wildman–Crippen LogP) is 4.57. The van der Waals surface area contributed by atoms with Gasteiger partial charge in [0.1, 0.15) is 0 Å². The molecule has 4 heteroatoms. The molecule has 116 valence electrons. The fourth-order valence-corrected chi connectivity index (χ4v) is 6.03. The normalized spacial score (nSPS) is 29.5. The molecule has 0 aromatic heterocycles. The molecule has 3 atom stereocenters. The summed E-state index contributed by atoms with van der Waals surface area (Å²) in [5.41, 5.74) is 1.30. The van der Waals surface area contributed by atoms with Crippen molar-refractivity contribution in [1.82, 2.24) is 9.34 Å². The van der Waals surface area contributed by atoms with E-state index >= 15 is 0 Å². The van der Waals surface area contributed by atoms with E-state index in [-0.39, 0.29) is 6.10 Å². The lowest BCUT2D eigenvalue weighted by Crippen LogP contribution is -2.37. The van der Waals surface area contributed by atoms with Crippen molar-refractivity contribution in [3.8, 4) is 0 Å². The van der Waals surface area contributed by atoms with Crippen LogP contribution in [0.1, 0.15) is 50.7 Å². The first-order valence-electron chi connectivity index (χ1n) is 8.19. The van der Waals surface area contributed by atoms with Gasteiger partial charge in [0.15, 0.2) is 8.45 Å². The summed E-state index contributed by atoms with van der Waals surface area (Å²) in [6.07, 6.45) is 6.64. The maximum atomic E-state index is 6.58. The Morgan fingerprint density at radius 2 is 1.67 bits per heavy atom. The lowest BCUT2D eigenvalue weighted by molar-refractivity contribution is 0.199. The molecular weight excluding hydrogens is 279 g/mol. The van der Waals surface area contributed by atoms with E-state index in [2.05, 4.69) is 60.7 Å². The molecule has 0 spiro atoms. The molecule has 0 unspecified atom stereocenters. The minimum atomic E-state index is -0.620. The number of hydrogen-bond acceptors (Lipinski definition) is 3. The van der Waals surface area contributed by atoms with Crippen molar-refractivity contribution in [3.63, 3.8) is 0 Å². The van der Waals surface area contributed by atoms with E-state index in [0.29, 0.717) is 12.1 Å². The van der Waals surface area contributed by atoms with Gasteiger partial charge in [-0.2, -0.15) is 0 Å². The predicted molar refractivity (Wildman–Crippen MR) is 89.0 cm³/mol. The van der Waals surface area contributed by atoms with Gasteiger partial charge in [-0.1, -0.05) is 50.1 Å². The van der Waals surface area contributed by atoms with Gasteiger partial charge in [0, 0.05) is 12.1 Å². The quantitative estimate of drug-likeness (QED) is 0.758. The van der Waals surface area contributed by atoms with Crippen LogP contribution in [-0.2, 0) is 4.52 Å². The van der Waals surface area contributed by atoms with Crippen molar-refractivity contribution in [1.29, 1.82) is 0 Å². The van der Waals surface area contributed by atoms with Crippen molar-refractivity contribution in [2.75, 3.05) is 14.1 Å². The highest BCUT2D eigenvalue weighted by molar-refractivity contribution is 7.47. The molecule has 3 nitrogen and oxygen atoms in total. The van der Waals surface area contributed by atoms with Gasteiger partial charge in [-0.3, -0.25) is 0 Å². The summed E-state index contributed by atoms with van der Waals surface area (Å²) in [6.45, 7) is 2.22. The van der Waals surface area contributed by atoms with E-state index in [1.165, 1.54) is 31.2 Å². The van der Waals surface area contributed by atoms with Crippen molar-refractivity contribution in [2.45, 2.75) is 57.2 Å². The average Bonchev–Trinajstić information content (AvgIpc) is 2.78. The summed E-state index contributed by atoms with van der Waals surface area (Å²) in [5.74, 6) is 0. The fourth-order valence-electron chi connectivity index (χ4n) is 3.74. The molecular formula is C17H27N2OP. The summed E-state index contributed by atoms with van der Waals surface area (Å²) in [5, 5.41) is 0. The van der Waals surface area contributed by atoms with Gasteiger partial charge >= 0.3 is 0 Å².